The third kappa shape index (κ3) is 3.12. The lowest BCUT2D eigenvalue weighted by Crippen LogP contribution is -2.33. The normalized spacial score (nSPS) is 14.2. The molecule has 104 valence electrons. The number of carbonyl (C=O) groups excluding carboxylic acids is 2. The maximum absolute atomic E-state index is 11.9. The number of rotatable bonds is 3. The lowest BCUT2D eigenvalue weighted by Gasteiger charge is -2.13. The van der Waals surface area contributed by atoms with Crippen molar-refractivity contribution in [1.82, 2.24) is 5.43 Å². The summed E-state index contributed by atoms with van der Waals surface area (Å²) in [5.41, 5.74) is 2.32. The van der Waals surface area contributed by atoms with Gasteiger partial charge in [-0.05, 0) is 18.2 Å². The van der Waals surface area contributed by atoms with E-state index in [2.05, 4.69) is 15.8 Å². The van der Waals surface area contributed by atoms with Crippen LogP contribution in [0.4, 0.5) is 5.69 Å². The van der Waals surface area contributed by atoms with Crippen LogP contribution in [0.15, 0.2) is 23.3 Å². The van der Waals surface area contributed by atoms with Crippen LogP contribution >= 0.6 is 11.6 Å². The maximum atomic E-state index is 11.9. The monoisotopic (exact) mass is 295 g/mol. The maximum Gasteiger partial charge on any atom is 0.337 e. The average Bonchev–Trinajstić information content (AvgIpc) is 2.39. The number of aromatic carboxylic acids is 1. The van der Waals surface area contributed by atoms with E-state index in [0.717, 1.165) is 0 Å². The summed E-state index contributed by atoms with van der Waals surface area (Å²) in [6.45, 7) is 0. The largest absolute Gasteiger partial charge is 0.478 e. The van der Waals surface area contributed by atoms with E-state index in [1.165, 1.54) is 18.2 Å². The summed E-state index contributed by atoms with van der Waals surface area (Å²) < 4.78 is 0. The van der Waals surface area contributed by atoms with Gasteiger partial charge in [0.2, 0.25) is 5.91 Å². The number of carbonyl (C=O) groups is 3. The standard InChI is InChI=1S/C12H10ClN3O4/c13-6-1-2-7(12(19)20)9(5-6)14-11(18)8-3-4-10(17)16-15-8/h1-2,5H,3-4H2,(H,14,18)(H,16,17)(H,19,20). The number of carboxylic acid groups (broad SMARTS) is 1. The first-order valence-electron chi connectivity index (χ1n) is 5.67. The molecular formula is C12H10ClN3O4. The van der Waals surface area contributed by atoms with E-state index in [-0.39, 0.29) is 35.7 Å². The van der Waals surface area contributed by atoms with Gasteiger partial charge in [0.05, 0.1) is 11.3 Å². The molecule has 0 unspecified atom stereocenters. The van der Waals surface area contributed by atoms with Gasteiger partial charge in [0, 0.05) is 17.9 Å². The minimum Gasteiger partial charge on any atom is -0.478 e. The Morgan fingerprint density at radius 2 is 2.10 bits per heavy atom. The zero-order valence-corrected chi connectivity index (χ0v) is 10.9. The number of amides is 2. The van der Waals surface area contributed by atoms with Crippen LogP contribution in [0.2, 0.25) is 5.02 Å². The smallest absolute Gasteiger partial charge is 0.337 e. The van der Waals surface area contributed by atoms with Crippen LogP contribution in [0.3, 0.4) is 0 Å². The number of benzene rings is 1. The molecule has 0 radical (unpaired) electrons. The quantitative estimate of drug-likeness (QED) is 0.779. The van der Waals surface area contributed by atoms with Gasteiger partial charge in [-0.1, -0.05) is 11.6 Å². The molecule has 0 saturated heterocycles. The van der Waals surface area contributed by atoms with Crippen molar-refractivity contribution in [2.75, 3.05) is 5.32 Å². The molecule has 0 bridgehead atoms. The third-order valence-corrected chi connectivity index (χ3v) is 2.86. The fraction of sp³-hybridized carbons (Fsp3) is 0.167. The van der Waals surface area contributed by atoms with Gasteiger partial charge in [-0.2, -0.15) is 5.10 Å². The first-order chi connectivity index (χ1) is 9.47. The predicted octanol–water partition coefficient (Wildman–Crippen LogP) is 1.24. The highest BCUT2D eigenvalue weighted by atomic mass is 35.5. The van der Waals surface area contributed by atoms with Gasteiger partial charge in [0.15, 0.2) is 0 Å². The van der Waals surface area contributed by atoms with Gasteiger partial charge in [-0.3, -0.25) is 9.59 Å². The second-order valence-corrected chi connectivity index (χ2v) is 4.48. The Hall–Kier alpha value is -2.41. The number of halogens is 1. The zero-order valence-electron chi connectivity index (χ0n) is 10.1. The SMILES string of the molecule is O=C1CCC(C(=O)Nc2cc(Cl)ccc2C(=O)O)=NN1. The summed E-state index contributed by atoms with van der Waals surface area (Å²) in [7, 11) is 0. The molecule has 0 saturated carbocycles. The van der Waals surface area contributed by atoms with Crippen LogP contribution in [0.5, 0.6) is 0 Å². The van der Waals surface area contributed by atoms with Crippen molar-refractivity contribution in [3.05, 3.63) is 28.8 Å². The first-order valence-corrected chi connectivity index (χ1v) is 6.05. The number of hydrogen-bond acceptors (Lipinski definition) is 4. The Kier molecular flexibility index (Phi) is 3.99. The molecule has 0 aliphatic carbocycles. The van der Waals surface area contributed by atoms with Crippen molar-refractivity contribution in [3.8, 4) is 0 Å². The molecule has 7 nitrogen and oxygen atoms in total. The molecule has 2 rings (SSSR count). The minimum atomic E-state index is -1.18. The van der Waals surface area contributed by atoms with E-state index in [0.29, 0.717) is 5.02 Å². The highest BCUT2D eigenvalue weighted by Gasteiger charge is 2.20. The molecule has 8 heteroatoms. The van der Waals surface area contributed by atoms with Gasteiger partial charge in [0.25, 0.3) is 5.91 Å². The number of carboxylic acids is 1. The Morgan fingerprint density at radius 3 is 2.70 bits per heavy atom. The number of hydrazone groups is 1. The highest BCUT2D eigenvalue weighted by Crippen LogP contribution is 2.21. The van der Waals surface area contributed by atoms with Crippen molar-refractivity contribution in [2.24, 2.45) is 5.10 Å². The Bertz CT molecular complexity index is 627. The number of nitrogens with one attached hydrogen (secondary N) is 2. The van der Waals surface area contributed by atoms with Gasteiger partial charge >= 0.3 is 5.97 Å². The average molecular weight is 296 g/mol. The molecule has 0 atom stereocenters. The molecule has 1 aromatic rings. The first kappa shape index (κ1) is 14.0. The van der Waals surface area contributed by atoms with Crippen molar-refractivity contribution in [2.45, 2.75) is 12.8 Å². The van der Waals surface area contributed by atoms with E-state index in [9.17, 15) is 14.4 Å². The van der Waals surface area contributed by atoms with Crippen LogP contribution in [0.25, 0.3) is 0 Å². The second kappa shape index (κ2) is 5.70. The van der Waals surface area contributed by atoms with Gasteiger partial charge < -0.3 is 10.4 Å². The molecule has 1 heterocycles. The summed E-state index contributed by atoms with van der Waals surface area (Å²) >= 11 is 5.78. The Morgan fingerprint density at radius 1 is 1.35 bits per heavy atom. The molecule has 1 aliphatic heterocycles. The van der Waals surface area contributed by atoms with Crippen LogP contribution in [0.1, 0.15) is 23.2 Å². The Labute approximate surface area is 118 Å². The number of anilines is 1. The van der Waals surface area contributed by atoms with Crippen molar-refractivity contribution < 1.29 is 19.5 Å². The van der Waals surface area contributed by atoms with Crippen molar-refractivity contribution in [3.63, 3.8) is 0 Å². The van der Waals surface area contributed by atoms with Gasteiger partial charge in [-0.25, -0.2) is 10.2 Å². The number of nitrogens with zero attached hydrogens (tertiary/aromatic N) is 1. The van der Waals surface area contributed by atoms with E-state index in [4.69, 9.17) is 16.7 Å². The molecule has 3 N–H and O–H groups in total. The van der Waals surface area contributed by atoms with Crippen molar-refractivity contribution in [1.29, 1.82) is 0 Å². The molecule has 1 aliphatic rings. The third-order valence-electron chi connectivity index (χ3n) is 2.63. The summed E-state index contributed by atoms with van der Waals surface area (Å²) in [6.07, 6.45) is 0.355. The predicted molar refractivity (Wildman–Crippen MR) is 71.9 cm³/mol. The summed E-state index contributed by atoms with van der Waals surface area (Å²) in [4.78, 5) is 33.9. The molecule has 0 aromatic heterocycles. The van der Waals surface area contributed by atoms with E-state index in [1.54, 1.807) is 0 Å². The van der Waals surface area contributed by atoms with Crippen molar-refractivity contribution >= 4 is 40.8 Å². The lowest BCUT2D eigenvalue weighted by molar-refractivity contribution is -0.121. The van der Waals surface area contributed by atoms with Crippen LogP contribution in [0, 0.1) is 0 Å². The molecule has 0 spiro atoms. The summed E-state index contributed by atoms with van der Waals surface area (Å²) in [6, 6.07) is 4.05. The minimum absolute atomic E-state index is 0.0783. The van der Waals surface area contributed by atoms with Crippen LogP contribution < -0.4 is 10.7 Å². The fourth-order valence-corrected chi connectivity index (χ4v) is 1.81. The van der Waals surface area contributed by atoms with E-state index in [1.807, 2.05) is 0 Å². The summed E-state index contributed by atoms with van der Waals surface area (Å²) in [5, 5.41) is 15.4. The molecule has 2 amide bonds. The van der Waals surface area contributed by atoms with E-state index >= 15 is 0 Å². The second-order valence-electron chi connectivity index (χ2n) is 4.04. The fourth-order valence-electron chi connectivity index (χ4n) is 1.64. The lowest BCUT2D eigenvalue weighted by atomic mass is 10.1. The molecular weight excluding hydrogens is 286 g/mol. The van der Waals surface area contributed by atoms with Crippen LogP contribution in [-0.2, 0) is 9.59 Å². The van der Waals surface area contributed by atoms with Gasteiger partial charge in [0.1, 0.15) is 5.71 Å². The van der Waals surface area contributed by atoms with Crippen LogP contribution in [-0.4, -0.2) is 28.6 Å². The van der Waals surface area contributed by atoms with E-state index < -0.39 is 11.9 Å². The topological polar surface area (TPSA) is 108 Å². The Balaban J connectivity index is 2.21. The number of hydrogen-bond donors (Lipinski definition) is 3. The summed E-state index contributed by atoms with van der Waals surface area (Å²) in [5.74, 6) is -2.03. The highest BCUT2D eigenvalue weighted by molar-refractivity contribution is 6.44. The zero-order chi connectivity index (χ0) is 14.7. The molecule has 1 aromatic carbocycles. The van der Waals surface area contributed by atoms with Gasteiger partial charge in [-0.15, -0.1) is 0 Å². The molecule has 20 heavy (non-hydrogen) atoms. The molecule has 0 fully saturated rings.